The summed E-state index contributed by atoms with van der Waals surface area (Å²) < 4.78 is 6.18. The van der Waals surface area contributed by atoms with Crippen molar-refractivity contribution in [3.8, 4) is 5.75 Å². The van der Waals surface area contributed by atoms with Crippen LogP contribution in [0, 0.1) is 6.92 Å². The van der Waals surface area contributed by atoms with Crippen LogP contribution < -0.4 is 10.1 Å². The van der Waals surface area contributed by atoms with Gasteiger partial charge >= 0.3 is 0 Å². The number of hydrogen-bond donors (Lipinski definition) is 1. The van der Waals surface area contributed by atoms with Crippen LogP contribution >= 0.6 is 23.2 Å². The molecule has 1 aliphatic rings. The molecule has 0 saturated heterocycles. The molecule has 2 aromatic rings. The number of benzene rings is 2. The molecule has 0 bridgehead atoms. The number of hydrogen-bond acceptors (Lipinski definition) is 2. The molecule has 1 aliphatic heterocycles. The summed E-state index contributed by atoms with van der Waals surface area (Å²) in [7, 11) is 1.96. The van der Waals surface area contributed by atoms with Gasteiger partial charge in [0, 0.05) is 28.1 Å². The van der Waals surface area contributed by atoms with Gasteiger partial charge in [-0.1, -0.05) is 29.3 Å². The number of halogens is 2. The van der Waals surface area contributed by atoms with Gasteiger partial charge in [-0.05, 0) is 55.4 Å². The largest absolute Gasteiger partial charge is 0.485 e. The molecule has 1 N–H and O–H groups in total. The SMILES string of the molecule is CNC1CC(c2ccc(Cl)cc2C)Oc2ccc(Cl)cc21. The van der Waals surface area contributed by atoms with Crippen LogP contribution in [-0.2, 0) is 0 Å². The second-order valence-electron chi connectivity index (χ2n) is 5.37. The van der Waals surface area contributed by atoms with Crippen LogP contribution in [0.4, 0.5) is 0 Å². The highest BCUT2D eigenvalue weighted by Crippen LogP contribution is 2.42. The molecule has 0 radical (unpaired) electrons. The predicted molar refractivity (Wildman–Crippen MR) is 87.4 cm³/mol. The molecular weight excluding hydrogens is 305 g/mol. The van der Waals surface area contributed by atoms with Gasteiger partial charge in [0.25, 0.3) is 0 Å². The first-order valence-electron chi connectivity index (χ1n) is 6.98. The van der Waals surface area contributed by atoms with Crippen molar-refractivity contribution in [1.29, 1.82) is 0 Å². The molecule has 2 nitrogen and oxygen atoms in total. The van der Waals surface area contributed by atoms with E-state index in [1.807, 2.05) is 37.4 Å². The maximum Gasteiger partial charge on any atom is 0.126 e. The molecular formula is C17H17Cl2NO. The summed E-state index contributed by atoms with van der Waals surface area (Å²) >= 11 is 12.1. The lowest BCUT2D eigenvalue weighted by Crippen LogP contribution is -2.27. The summed E-state index contributed by atoms with van der Waals surface area (Å²) in [6.07, 6.45) is 0.889. The molecule has 0 amide bonds. The van der Waals surface area contributed by atoms with Crippen molar-refractivity contribution in [2.45, 2.75) is 25.5 Å². The Morgan fingerprint density at radius 3 is 2.48 bits per heavy atom. The second-order valence-corrected chi connectivity index (χ2v) is 6.24. The highest BCUT2D eigenvalue weighted by atomic mass is 35.5. The minimum Gasteiger partial charge on any atom is -0.485 e. The lowest BCUT2D eigenvalue weighted by molar-refractivity contribution is 0.153. The smallest absolute Gasteiger partial charge is 0.126 e. The lowest BCUT2D eigenvalue weighted by atomic mass is 9.91. The van der Waals surface area contributed by atoms with Gasteiger partial charge < -0.3 is 10.1 Å². The molecule has 0 spiro atoms. The molecule has 3 rings (SSSR count). The van der Waals surface area contributed by atoms with Crippen molar-refractivity contribution >= 4 is 23.2 Å². The monoisotopic (exact) mass is 321 g/mol. The first-order chi connectivity index (χ1) is 10.1. The van der Waals surface area contributed by atoms with Crippen LogP contribution in [0.15, 0.2) is 36.4 Å². The summed E-state index contributed by atoms with van der Waals surface area (Å²) in [6.45, 7) is 2.07. The average Bonchev–Trinajstić information content (AvgIpc) is 2.46. The quantitative estimate of drug-likeness (QED) is 0.832. The van der Waals surface area contributed by atoms with Gasteiger partial charge in [-0.3, -0.25) is 0 Å². The van der Waals surface area contributed by atoms with E-state index in [9.17, 15) is 0 Å². The number of ether oxygens (including phenoxy) is 1. The Hall–Kier alpha value is -1.22. The fraction of sp³-hybridized carbons (Fsp3) is 0.294. The summed E-state index contributed by atoms with van der Waals surface area (Å²) in [5.74, 6) is 0.893. The summed E-state index contributed by atoms with van der Waals surface area (Å²) in [5, 5.41) is 4.84. The average molecular weight is 322 g/mol. The van der Waals surface area contributed by atoms with Crippen LogP contribution in [-0.4, -0.2) is 7.05 Å². The Kier molecular flexibility index (Phi) is 4.12. The molecule has 110 valence electrons. The molecule has 2 aromatic carbocycles. The van der Waals surface area contributed by atoms with Crippen molar-refractivity contribution < 1.29 is 4.74 Å². The predicted octanol–water partition coefficient (Wildman–Crippen LogP) is 5.09. The summed E-state index contributed by atoms with van der Waals surface area (Å²) in [5.41, 5.74) is 3.45. The standard InChI is InChI=1S/C17H17Cl2NO/c1-10-7-11(18)3-5-13(10)17-9-15(20-2)14-8-12(19)4-6-16(14)21-17/h3-8,15,17,20H,9H2,1-2H3. The van der Waals surface area contributed by atoms with E-state index in [1.54, 1.807) is 0 Å². The third-order valence-corrected chi connectivity index (χ3v) is 4.46. The number of fused-ring (bicyclic) bond motifs is 1. The Bertz CT molecular complexity index is 672. The Morgan fingerprint density at radius 1 is 1.05 bits per heavy atom. The first-order valence-corrected chi connectivity index (χ1v) is 7.73. The third kappa shape index (κ3) is 2.89. The van der Waals surface area contributed by atoms with Gasteiger partial charge in [0.1, 0.15) is 11.9 Å². The van der Waals surface area contributed by atoms with E-state index < -0.39 is 0 Å². The van der Waals surface area contributed by atoms with Crippen LogP contribution in [0.1, 0.15) is 35.3 Å². The third-order valence-electron chi connectivity index (χ3n) is 3.99. The van der Waals surface area contributed by atoms with Gasteiger partial charge in [0.15, 0.2) is 0 Å². The molecule has 2 atom stereocenters. The first kappa shape index (κ1) is 14.7. The maximum atomic E-state index is 6.18. The highest BCUT2D eigenvalue weighted by Gasteiger charge is 2.29. The zero-order chi connectivity index (χ0) is 15.0. The zero-order valence-electron chi connectivity index (χ0n) is 12.0. The topological polar surface area (TPSA) is 21.3 Å². The van der Waals surface area contributed by atoms with E-state index in [-0.39, 0.29) is 12.1 Å². The zero-order valence-corrected chi connectivity index (χ0v) is 13.5. The van der Waals surface area contributed by atoms with E-state index in [0.717, 1.165) is 33.3 Å². The fourth-order valence-electron chi connectivity index (χ4n) is 2.91. The molecule has 0 saturated carbocycles. The highest BCUT2D eigenvalue weighted by molar-refractivity contribution is 6.31. The minimum atomic E-state index is 0.0217. The van der Waals surface area contributed by atoms with Crippen LogP contribution in [0.2, 0.25) is 10.0 Å². The Balaban J connectivity index is 1.98. The van der Waals surface area contributed by atoms with Crippen molar-refractivity contribution in [1.82, 2.24) is 5.32 Å². The molecule has 21 heavy (non-hydrogen) atoms. The van der Waals surface area contributed by atoms with E-state index in [0.29, 0.717) is 0 Å². The van der Waals surface area contributed by atoms with Gasteiger partial charge in [-0.25, -0.2) is 0 Å². The number of nitrogens with one attached hydrogen (secondary N) is 1. The summed E-state index contributed by atoms with van der Waals surface area (Å²) in [4.78, 5) is 0. The van der Waals surface area contributed by atoms with Gasteiger partial charge in [0.05, 0.1) is 0 Å². The van der Waals surface area contributed by atoms with Gasteiger partial charge in [-0.15, -0.1) is 0 Å². The molecule has 0 aliphatic carbocycles. The van der Waals surface area contributed by atoms with E-state index in [1.165, 1.54) is 5.56 Å². The van der Waals surface area contributed by atoms with E-state index in [4.69, 9.17) is 27.9 Å². The number of rotatable bonds is 2. The van der Waals surface area contributed by atoms with Crippen LogP contribution in [0.5, 0.6) is 5.75 Å². The maximum absolute atomic E-state index is 6.18. The Morgan fingerprint density at radius 2 is 1.76 bits per heavy atom. The van der Waals surface area contributed by atoms with Crippen LogP contribution in [0.3, 0.4) is 0 Å². The van der Waals surface area contributed by atoms with Crippen molar-refractivity contribution in [2.24, 2.45) is 0 Å². The Labute approximate surface area is 135 Å². The fourth-order valence-corrected chi connectivity index (χ4v) is 3.31. The molecule has 2 unspecified atom stereocenters. The van der Waals surface area contributed by atoms with Crippen LogP contribution in [0.25, 0.3) is 0 Å². The summed E-state index contributed by atoms with van der Waals surface area (Å²) in [6, 6.07) is 12.0. The second kappa shape index (κ2) is 5.88. The molecule has 0 aromatic heterocycles. The minimum absolute atomic E-state index is 0.0217. The number of aryl methyl sites for hydroxylation is 1. The molecule has 0 fully saturated rings. The van der Waals surface area contributed by atoms with Gasteiger partial charge in [-0.2, -0.15) is 0 Å². The lowest BCUT2D eigenvalue weighted by Gasteiger charge is -2.33. The molecule has 1 heterocycles. The van der Waals surface area contributed by atoms with Crippen molar-refractivity contribution in [3.63, 3.8) is 0 Å². The van der Waals surface area contributed by atoms with Crippen molar-refractivity contribution in [2.75, 3.05) is 7.05 Å². The normalized spacial score (nSPS) is 20.8. The van der Waals surface area contributed by atoms with Crippen molar-refractivity contribution in [3.05, 3.63) is 63.1 Å². The van der Waals surface area contributed by atoms with Gasteiger partial charge in [0.2, 0.25) is 0 Å². The van der Waals surface area contributed by atoms with E-state index in [2.05, 4.69) is 18.3 Å². The van der Waals surface area contributed by atoms with E-state index >= 15 is 0 Å². The molecule has 4 heteroatoms.